The second-order valence-electron chi connectivity index (χ2n) is 8.15. The van der Waals surface area contributed by atoms with Crippen LogP contribution in [0.1, 0.15) is 53.2 Å². The van der Waals surface area contributed by atoms with Crippen molar-refractivity contribution in [3.05, 3.63) is 63.5 Å². The summed E-state index contributed by atoms with van der Waals surface area (Å²) in [5, 5.41) is 12.0. The lowest BCUT2D eigenvalue weighted by Crippen LogP contribution is -2.13. The minimum absolute atomic E-state index is 0.129. The average molecular weight is 456 g/mol. The van der Waals surface area contributed by atoms with Gasteiger partial charge in [0.15, 0.2) is 11.5 Å². The third-order valence-corrected chi connectivity index (χ3v) is 4.57. The van der Waals surface area contributed by atoms with E-state index in [1.165, 1.54) is 12.3 Å². The Labute approximate surface area is 185 Å². The van der Waals surface area contributed by atoms with E-state index >= 15 is 0 Å². The van der Waals surface area contributed by atoms with Crippen molar-refractivity contribution in [3.8, 4) is 11.1 Å². The van der Waals surface area contributed by atoms with Crippen LogP contribution in [0.3, 0.4) is 0 Å². The zero-order valence-corrected chi connectivity index (χ0v) is 18.2. The number of aromatic carboxylic acids is 1. The standard InChI is InChI=1S/C14H11FN4O2.C7H10N2O3/c1-6-4-9(10(15)5-8(6)12(16)20)7-2-3-17-13-11(7)18-14(21)19-13;1-7(2,3)6-8-4(5(10)11)12-9-6/h2-5H,1H3,(H2,16,20)(H2,17,18,19,21);1-3H3,(H,10,11). The Kier molecular flexibility index (Phi) is 6.11. The van der Waals surface area contributed by atoms with Gasteiger partial charge in [0.2, 0.25) is 5.91 Å². The molecule has 0 bridgehead atoms. The predicted octanol–water partition coefficient (Wildman–Crippen LogP) is 2.53. The van der Waals surface area contributed by atoms with E-state index < -0.39 is 23.4 Å². The van der Waals surface area contributed by atoms with Gasteiger partial charge in [0, 0.05) is 28.3 Å². The number of carboxylic acid groups (broad SMARTS) is 1. The quantitative estimate of drug-likeness (QED) is 0.363. The van der Waals surface area contributed by atoms with Crippen LogP contribution in [0, 0.1) is 12.7 Å². The number of nitrogens with two attached hydrogens (primary N) is 1. The zero-order chi connectivity index (χ0) is 24.5. The minimum atomic E-state index is -1.20. The molecular weight excluding hydrogens is 435 g/mol. The number of pyridine rings is 1. The number of primary amides is 1. The van der Waals surface area contributed by atoms with Crippen molar-refractivity contribution in [3.63, 3.8) is 0 Å². The van der Waals surface area contributed by atoms with Crippen LogP contribution in [-0.2, 0) is 5.41 Å². The number of aryl methyl sites for hydroxylation is 1. The molecule has 172 valence electrons. The van der Waals surface area contributed by atoms with Gasteiger partial charge in [0.1, 0.15) is 5.82 Å². The van der Waals surface area contributed by atoms with Gasteiger partial charge in [-0.3, -0.25) is 9.78 Å². The van der Waals surface area contributed by atoms with Gasteiger partial charge < -0.3 is 20.3 Å². The van der Waals surface area contributed by atoms with Crippen LogP contribution in [0.25, 0.3) is 22.3 Å². The molecule has 0 unspecified atom stereocenters. The molecule has 5 N–H and O–H groups in total. The second kappa shape index (κ2) is 8.65. The fourth-order valence-corrected chi connectivity index (χ4v) is 2.93. The summed E-state index contributed by atoms with van der Waals surface area (Å²) in [6, 6.07) is 4.22. The summed E-state index contributed by atoms with van der Waals surface area (Å²) in [5.74, 6) is -2.44. The fourth-order valence-electron chi connectivity index (χ4n) is 2.93. The number of amides is 1. The predicted molar refractivity (Wildman–Crippen MR) is 115 cm³/mol. The number of H-pyrrole nitrogens is 2. The number of hydrogen-bond donors (Lipinski definition) is 4. The van der Waals surface area contributed by atoms with Crippen molar-refractivity contribution >= 4 is 23.0 Å². The molecule has 3 heterocycles. The van der Waals surface area contributed by atoms with Crippen LogP contribution < -0.4 is 11.4 Å². The molecular formula is C21H21FN6O5. The summed E-state index contributed by atoms with van der Waals surface area (Å²) in [5.41, 5.74) is 6.68. The third kappa shape index (κ3) is 4.95. The first kappa shape index (κ1) is 23.3. The van der Waals surface area contributed by atoms with Gasteiger partial charge in [-0.1, -0.05) is 25.9 Å². The SMILES string of the molecule is CC(C)(C)c1noc(C(=O)O)n1.Cc1cc(-c2ccnc3[nH]c(=O)[nH]c23)c(F)cc1C(N)=O. The van der Waals surface area contributed by atoms with Crippen molar-refractivity contribution < 1.29 is 23.6 Å². The van der Waals surface area contributed by atoms with Gasteiger partial charge in [0.05, 0.1) is 5.52 Å². The van der Waals surface area contributed by atoms with E-state index in [1.54, 1.807) is 13.0 Å². The number of aromatic nitrogens is 5. The van der Waals surface area contributed by atoms with E-state index in [-0.39, 0.29) is 22.4 Å². The first-order valence-corrected chi connectivity index (χ1v) is 9.63. The number of nitrogens with one attached hydrogen (secondary N) is 2. The summed E-state index contributed by atoms with van der Waals surface area (Å²) in [7, 11) is 0. The van der Waals surface area contributed by atoms with Crippen LogP contribution >= 0.6 is 0 Å². The normalized spacial score (nSPS) is 11.2. The highest BCUT2D eigenvalue weighted by Gasteiger charge is 2.23. The molecule has 33 heavy (non-hydrogen) atoms. The number of carbonyl (C=O) groups is 2. The van der Waals surface area contributed by atoms with Crippen molar-refractivity contribution in [2.24, 2.45) is 5.73 Å². The summed E-state index contributed by atoms with van der Waals surface area (Å²) < 4.78 is 18.8. The second-order valence-corrected chi connectivity index (χ2v) is 8.15. The summed E-state index contributed by atoms with van der Waals surface area (Å²) >= 11 is 0. The molecule has 0 radical (unpaired) electrons. The van der Waals surface area contributed by atoms with Gasteiger partial charge >= 0.3 is 17.5 Å². The summed E-state index contributed by atoms with van der Waals surface area (Å²) in [6.07, 6.45) is 1.47. The lowest BCUT2D eigenvalue weighted by molar-refractivity contribution is 0.0643. The minimum Gasteiger partial charge on any atom is -0.474 e. The first-order chi connectivity index (χ1) is 15.4. The Bertz CT molecular complexity index is 1410. The number of halogens is 1. The highest BCUT2D eigenvalue weighted by atomic mass is 19.1. The highest BCUT2D eigenvalue weighted by Crippen LogP contribution is 2.29. The molecule has 12 heteroatoms. The van der Waals surface area contributed by atoms with E-state index in [9.17, 15) is 18.8 Å². The Morgan fingerprint density at radius 3 is 2.42 bits per heavy atom. The molecule has 1 aromatic carbocycles. The van der Waals surface area contributed by atoms with Crippen LogP contribution in [0.2, 0.25) is 0 Å². The molecule has 11 nitrogen and oxygen atoms in total. The molecule has 4 aromatic rings. The van der Waals surface area contributed by atoms with E-state index in [4.69, 9.17) is 10.8 Å². The molecule has 1 amide bonds. The highest BCUT2D eigenvalue weighted by molar-refractivity contribution is 5.96. The first-order valence-electron chi connectivity index (χ1n) is 9.63. The smallest absolute Gasteiger partial charge is 0.394 e. The number of benzene rings is 1. The lowest BCUT2D eigenvalue weighted by atomic mass is 9.96. The maximum atomic E-state index is 14.3. The Morgan fingerprint density at radius 1 is 1.18 bits per heavy atom. The van der Waals surface area contributed by atoms with Gasteiger partial charge in [-0.25, -0.2) is 19.0 Å². The van der Waals surface area contributed by atoms with Crippen LogP contribution in [-0.4, -0.2) is 42.1 Å². The number of nitrogens with zero attached hydrogens (tertiary/aromatic N) is 3. The molecule has 4 rings (SSSR count). The van der Waals surface area contributed by atoms with Crippen molar-refractivity contribution in [1.82, 2.24) is 25.1 Å². The van der Waals surface area contributed by atoms with Gasteiger partial charge in [0.25, 0.3) is 0 Å². The van der Waals surface area contributed by atoms with Crippen LogP contribution in [0.15, 0.2) is 33.7 Å². The van der Waals surface area contributed by atoms with Crippen LogP contribution in [0.5, 0.6) is 0 Å². The average Bonchev–Trinajstić information content (AvgIpc) is 3.35. The van der Waals surface area contributed by atoms with Gasteiger partial charge in [-0.05, 0) is 30.7 Å². The number of hydrogen-bond acceptors (Lipinski definition) is 7. The maximum absolute atomic E-state index is 14.3. The monoisotopic (exact) mass is 456 g/mol. The largest absolute Gasteiger partial charge is 0.474 e. The molecule has 0 spiro atoms. The lowest BCUT2D eigenvalue weighted by Gasteiger charge is -2.10. The number of imidazole rings is 1. The molecule has 0 aliphatic heterocycles. The van der Waals surface area contributed by atoms with E-state index in [2.05, 4.69) is 29.6 Å². The van der Waals surface area contributed by atoms with Crippen LogP contribution in [0.4, 0.5) is 4.39 Å². The van der Waals surface area contributed by atoms with E-state index in [0.29, 0.717) is 28.1 Å². The molecule has 0 saturated heterocycles. The number of aromatic amines is 2. The number of rotatable bonds is 3. The Hall–Kier alpha value is -4.35. The van der Waals surface area contributed by atoms with Gasteiger partial charge in [-0.15, -0.1) is 0 Å². The Morgan fingerprint density at radius 2 is 1.88 bits per heavy atom. The van der Waals surface area contributed by atoms with Crippen molar-refractivity contribution in [2.45, 2.75) is 33.1 Å². The molecule has 0 atom stereocenters. The fraction of sp³-hybridized carbons (Fsp3) is 0.238. The van der Waals surface area contributed by atoms with E-state index in [1.807, 2.05) is 20.8 Å². The molecule has 0 aliphatic carbocycles. The van der Waals surface area contributed by atoms with Gasteiger partial charge in [-0.2, -0.15) is 4.98 Å². The van der Waals surface area contributed by atoms with E-state index in [0.717, 1.165) is 6.07 Å². The topological polar surface area (TPSA) is 181 Å². The molecule has 0 saturated carbocycles. The summed E-state index contributed by atoms with van der Waals surface area (Å²) in [4.78, 5) is 45.7. The third-order valence-electron chi connectivity index (χ3n) is 4.57. The molecule has 0 fully saturated rings. The Balaban J connectivity index is 0.000000218. The molecule has 3 aromatic heterocycles. The van der Waals surface area contributed by atoms with Crippen molar-refractivity contribution in [2.75, 3.05) is 0 Å². The summed E-state index contributed by atoms with van der Waals surface area (Å²) in [6.45, 7) is 7.30. The van der Waals surface area contributed by atoms with Crippen molar-refractivity contribution in [1.29, 1.82) is 0 Å². The zero-order valence-electron chi connectivity index (χ0n) is 18.2. The number of carboxylic acids is 1. The number of fused-ring (bicyclic) bond motifs is 1. The number of carbonyl (C=O) groups excluding carboxylic acids is 1. The molecule has 0 aliphatic rings. The maximum Gasteiger partial charge on any atom is 0.394 e.